The van der Waals surface area contributed by atoms with E-state index in [-0.39, 0.29) is 35.0 Å². The van der Waals surface area contributed by atoms with Crippen molar-refractivity contribution in [2.45, 2.75) is 70.4 Å². The molecule has 2 aromatic rings. The molecule has 5 heterocycles. The van der Waals surface area contributed by atoms with Crippen LogP contribution in [0.25, 0.3) is 0 Å². The Kier molecular flexibility index (Phi) is 11.3. The number of nitriles is 1. The quantitative estimate of drug-likeness (QED) is 0.341. The van der Waals surface area contributed by atoms with Crippen LogP contribution >= 0.6 is 11.6 Å². The Hall–Kier alpha value is -4.86. The van der Waals surface area contributed by atoms with Crippen LogP contribution in [0.2, 0.25) is 0 Å². The average molecular weight is 793 g/mol. The van der Waals surface area contributed by atoms with Gasteiger partial charge in [0.25, 0.3) is 5.91 Å². The SMILES string of the molecule is C[C@@H]1CC2(CCN(c3ccc(C(=O)N4CCC(CN5CCN(c6cccc(NC7CCC(=O)NC7=O)c6)C(=O)C5)CC4)cc3)CC2)CN1C1=CCC(C#N)C(Cl)=C1. The molecular formula is C44H53ClN8O4. The molecule has 6 aliphatic rings. The summed E-state index contributed by atoms with van der Waals surface area (Å²) in [5.41, 5.74) is 4.88. The molecule has 12 nitrogen and oxygen atoms in total. The maximum absolute atomic E-state index is 13.6. The Morgan fingerprint density at radius 1 is 0.982 bits per heavy atom. The Morgan fingerprint density at radius 2 is 1.75 bits per heavy atom. The number of rotatable bonds is 8. The monoisotopic (exact) mass is 792 g/mol. The van der Waals surface area contributed by atoms with Crippen molar-refractivity contribution in [1.82, 2.24) is 20.0 Å². The summed E-state index contributed by atoms with van der Waals surface area (Å²) < 4.78 is 0. The van der Waals surface area contributed by atoms with Gasteiger partial charge in [0, 0.05) is 98.2 Å². The van der Waals surface area contributed by atoms with Gasteiger partial charge in [-0.15, -0.1) is 0 Å². The highest BCUT2D eigenvalue weighted by Crippen LogP contribution is 2.46. The van der Waals surface area contributed by atoms with Crippen molar-refractivity contribution in [3.8, 4) is 6.07 Å². The molecule has 0 radical (unpaired) electrons. The highest BCUT2D eigenvalue weighted by Gasteiger charge is 2.45. The molecule has 13 heteroatoms. The van der Waals surface area contributed by atoms with Gasteiger partial charge in [0.2, 0.25) is 17.7 Å². The van der Waals surface area contributed by atoms with Gasteiger partial charge in [-0.1, -0.05) is 23.7 Å². The van der Waals surface area contributed by atoms with Crippen LogP contribution in [0, 0.1) is 28.6 Å². The second kappa shape index (κ2) is 16.5. The predicted molar refractivity (Wildman–Crippen MR) is 221 cm³/mol. The number of imide groups is 1. The molecule has 8 rings (SSSR count). The first-order valence-electron chi connectivity index (χ1n) is 20.7. The van der Waals surface area contributed by atoms with Crippen molar-refractivity contribution in [1.29, 1.82) is 5.26 Å². The molecule has 2 unspecified atom stereocenters. The third kappa shape index (κ3) is 8.56. The predicted octanol–water partition coefficient (Wildman–Crippen LogP) is 5.34. The van der Waals surface area contributed by atoms with Crippen LogP contribution in [-0.4, -0.2) is 109 Å². The summed E-state index contributed by atoms with van der Waals surface area (Å²) in [4.78, 5) is 61.6. The summed E-state index contributed by atoms with van der Waals surface area (Å²) in [6.07, 6.45) is 10.8. The minimum Gasteiger partial charge on any atom is -0.374 e. The van der Waals surface area contributed by atoms with E-state index in [1.165, 1.54) is 5.69 Å². The van der Waals surface area contributed by atoms with Crippen molar-refractivity contribution in [3.63, 3.8) is 0 Å². The lowest BCUT2D eigenvalue weighted by molar-refractivity contribution is -0.133. The van der Waals surface area contributed by atoms with Gasteiger partial charge in [-0.05, 0) is 112 Å². The Bertz CT molecular complexity index is 1980. The molecule has 2 N–H and O–H groups in total. The molecule has 4 amide bonds. The number of likely N-dealkylation sites (tertiary alicyclic amines) is 2. The smallest absolute Gasteiger partial charge is 0.253 e. The van der Waals surface area contributed by atoms with Crippen molar-refractivity contribution in [2.75, 3.05) is 74.0 Å². The third-order valence-corrected chi connectivity index (χ3v) is 13.6. The number of benzene rings is 2. The molecule has 3 atom stereocenters. The number of halogens is 1. The molecule has 1 spiro atoms. The van der Waals surface area contributed by atoms with Crippen molar-refractivity contribution in [3.05, 3.63) is 77.0 Å². The molecule has 2 aromatic carbocycles. The van der Waals surface area contributed by atoms with E-state index in [9.17, 15) is 24.4 Å². The fraction of sp³-hybridized carbons (Fsp3) is 0.523. The molecule has 5 aliphatic heterocycles. The van der Waals surface area contributed by atoms with E-state index in [1.807, 2.05) is 52.3 Å². The van der Waals surface area contributed by atoms with Crippen LogP contribution in [0.3, 0.4) is 0 Å². The summed E-state index contributed by atoms with van der Waals surface area (Å²) >= 11 is 6.45. The lowest BCUT2D eigenvalue weighted by atomic mass is 9.76. The average Bonchev–Trinajstić information content (AvgIpc) is 3.54. The van der Waals surface area contributed by atoms with Crippen LogP contribution in [0.5, 0.6) is 0 Å². The summed E-state index contributed by atoms with van der Waals surface area (Å²) in [5.74, 6) is -0.236. The molecule has 57 heavy (non-hydrogen) atoms. The zero-order valence-electron chi connectivity index (χ0n) is 32.8. The fourth-order valence-corrected chi connectivity index (χ4v) is 10.1. The highest BCUT2D eigenvalue weighted by molar-refractivity contribution is 6.30. The standard InChI is InChI=1S/C44H53ClN8O4/c1-30-25-44(29-53(30)37-10-7-33(26-46)38(45)24-37)15-19-50(20-16-44)35-8-5-32(6-9-35)43(57)51-17-13-31(14-18-51)27-49-21-22-52(41(55)28-49)36-4-2-3-34(23-36)47-39-11-12-40(54)48-42(39)56/h2-6,8-10,23-24,30-31,33,39,47H,7,11-22,25,27-29H2,1H3,(H,48,54,56)/t30-,33?,39?/m1/s1. The first-order chi connectivity index (χ1) is 27.6. The number of piperidine rings is 3. The zero-order valence-corrected chi connectivity index (χ0v) is 33.6. The zero-order chi connectivity index (χ0) is 39.7. The normalized spacial score (nSPS) is 25.9. The van der Waals surface area contributed by atoms with E-state index >= 15 is 0 Å². The Balaban J connectivity index is 0.770. The van der Waals surface area contributed by atoms with Gasteiger partial charge in [-0.25, -0.2) is 0 Å². The molecular weight excluding hydrogens is 740 g/mol. The topological polar surface area (TPSA) is 132 Å². The second-order valence-corrected chi connectivity index (χ2v) is 17.4. The van der Waals surface area contributed by atoms with Gasteiger partial charge in [0.05, 0.1) is 18.5 Å². The van der Waals surface area contributed by atoms with Gasteiger partial charge >= 0.3 is 0 Å². The van der Waals surface area contributed by atoms with Crippen LogP contribution in [0.15, 0.2) is 71.4 Å². The third-order valence-electron chi connectivity index (χ3n) is 13.2. The van der Waals surface area contributed by atoms with E-state index in [4.69, 9.17) is 11.6 Å². The first-order valence-corrected chi connectivity index (χ1v) is 21.0. The van der Waals surface area contributed by atoms with Crippen molar-refractivity contribution in [2.24, 2.45) is 17.3 Å². The lowest BCUT2D eigenvalue weighted by Gasteiger charge is -2.40. The van der Waals surface area contributed by atoms with Crippen molar-refractivity contribution < 1.29 is 19.2 Å². The van der Waals surface area contributed by atoms with Gasteiger partial charge < -0.3 is 24.9 Å². The number of anilines is 3. The number of carbonyl (C=O) groups is 4. The van der Waals surface area contributed by atoms with E-state index in [2.05, 4.69) is 56.5 Å². The van der Waals surface area contributed by atoms with E-state index in [0.29, 0.717) is 62.4 Å². The maximum Gasteiger partial charge on any atom is 0.253 e. The Labute approximate surface area is 340 Å². The van der Waals surface area contributed by atoms with Crippen LogP contribution in [-0.2, 0) is 14.4 Å². The van der Waals surface area contributed by atoms with E-state index in [0.717, 1.165) is 87.5 Å². The summed E-state index contributed by atoms with van der Waals surface area (Å²) in [6.45, 7) is 9.29. The van der Waals surface area contributed by atoms with Gasteiger partial charge in [0.1, 0.15) is 6.04 Å². The van der Waals surface area contributed by atoms with E-state index < -0.39 is 6.04 Å². The van der Waals surface area contributed by atoms with Gasteiger partial charge in [-0.2, -0.15) is 5.26 Å². The summed E-state index contributed by atoms with van der Waals surface area (Å²) in [7, 11) is 0. The van der Waals surface area contributed by atoms with Crippen LogP contribution in [0.4, 0.5) is 17.1 Å². The van der Waals surface area contributed by atoms with Crippen LogP contribution in [0.1, 0.15) is 68.6 Å². The number of allylic oxidation sites excluding steroid dienone is 3. The fourth-order valence-electron chi connectivity index (χ4n) is 9.86. The Morgan fingerprint density at radius 3 is 2.46 bits per heavy atom. The molecule has 0 saturated carbocycles. The summed E-state index contributed by atoms with van der Waals surface area (Å²) in [5, 5.41) is 15.6. The first kappa shape index (κ1) is 39.0. The highest BCUT2D eigenvalue weighted by atomic mass is 35.5. The molecule has 5 saturated heterocycles. The number of hydrogen-bond acceptors (Lipinski definition) is 9. The second-order valence-electron chi connectivity index (χ2n) is 17.0. The van der Waals surface area contributed by atoms with Gasteiger partial charge in [-0.3, -0.25) is 29.4 Å². The molecule has 0 bridgehead atoms. The number of carbonyl (C=O) groups excluding carboxylic acids is 4. The minimum atomic E-state index is -0.480. The lowest BCUT2D eigenvalue weighted by Crippen LogP contribution is -2.52. The number of hydrogen-bond donors (Lipinski definition) is 2. The number of nitrogens with one attached hydrogen (secondary N) is 2. The molecule has 1 aliphatic carbocycles. The number of amides is 4. The van der Waals surface area contributed by atoms with Crippen molar-refractivity contribution >= 4 is 52.3 Å². The molecule has 300 valence electrons. The number of piperazine rings is 1. The molecule has 5 fully saturated rings. The van der Waals surface area contributed by atoms with E-state index in [1.54, 1.807) is 0 Å². The largest absolute Gasteiger partial charge is 0.374 e. The summed E-state index contributed by atoms with van der Waals surface area (Å²) in [6, 6.07) is 18.0. The molecule has 0 aromatic heterocycles. The minimum absolute atomic E-state index is 0.0477. The maximum atomic E-state index is 13.6. The van der Waals surface area contributed by atoms with Gasteiger partial charge in [0.15, 0.2) is 0 Å². The number of nitrogens with zero attached hydrogens (tertiary/aromatic N) is 6. The van der Waals surface area contributed by atoms with Crippen LogP contribution < -0.4 is 20.4 Å².